The lowest BCUT2D eigenvalue weighted by atomic mass is 9.83. The molecule has 71 heavy (non-hydrogen) atoms. The summed E-state index contributed by atoms with van der Waals surface area (Å²) in [5.74, 6) is -3.31. The Morgan fingerprint density at radius 1 is 0.423 bits per heavy atom. The first kappa shape index (κ1) is 59.8. The number of aliphatic hydroxyl groups excluding tert-OH is 7. The number of aliphatic carboxylic acids is 2. The molecule has 9 N–H and O–H groups in total. The number of hydrogen-bond acceptors (Lipinski definition) is 27. The van der Waals surface area contributed by atoms with Gasteiger partial charge in [0.2, 0.25) is 5.60 Å². The zero-order valence-corrected chi connectivity index (χ0v) is 41.0. The Morgan fingerprint density at radius 3 is 1.18 bits per heavy atom. The first-order chi connectivity index (χ1) is 33.9. The van der Waals surface area contributed by atoms with E-state index >= 15 is 0 Å². The Kier molecular flexibility index (Phi) is 22.0. The number of ether oxygens (including phenoxy) is 18. The fourth-order valence-corrected chi connectivity index (χ4v) is 9.91. The van der Waals surface area contributed by atoms with Crippen molar-refractivity contribution in [2.24, 2.45) is 0 Å². The van der Waals surface area contributed by atoms with Gasteiger partial charge in [0, 0.05) is 64.0 Å². The van der Waals surface area contributed by atoms with Crippen molar-refractivity contribution in [3.05, 3.63) is 0 Å². The summed E-state index contributed by atoms with van der Waals surface area (Å²) in [6.45, 7) is -1.63. The Hall–Kier alpha value is -2.06. The third-order valence-electron chi connectivity index (χ3n) is 13.7. The highest BCUT2D eigenvalue weighted by molar-refractivity contribution is 5.79. The molecular weight excluding hydrogens is 968 g/mol. The van der Waals surface area contributed by atoms with Gasteiger partial charge in [-0.05, 0) is 6.42 Å². The van der Waals surface area contributed by atoms with E-state index in [9.17, 15) is 55.5 Å². The zero-order chi connectivity index (χ0) is 52.7. The molecule has 414 valence electrons. The second-order valence-corrected chi connectivity index (χ2v) is 17.2. The second-order valence-electron chi connectivity index (χ2n) is 17.2. The molecular formula is C42H72O29. The van der Waals surface area contributed by atoms with Crippen LogP contribution in [-0.2, 0) is 94.9 Å². The molecule has 0 bridgehead atoms. The molecule has 25 atom stereocenters. The van der Waals surface area contributed by atoms with Crippen LogP contribution in [0.3, 0.4) is 0 Å². The summed E-state index contributed by atoms with van der Waals surface area (Å²) in [5.41, 5.74) is -5.02. The van der Waals surface area contributed by atoms with Crippen molar-refractivity contribution in [1.29, 1.82) is 0 Å². The summed E-state index contributed by atoms with van der Waals surface area (Å²) < 4.78 is 105. The van der Waals surface area contributed by atoms with Gasteiger partial charge < -0.3 is 131 Å². The number of rotatable bonds is 24. The summed E-state index contributed by atoms with van der Waals surface area (Å²) in [6.07, 6.45) is -36.0. The van der Waals surface area contributed by atoms with E-state index in [0.717, 1.165) is 14.2 Å². The number of hydrogen-bond donors (Lipinski definition) is 9. The molecule has 5 aliphatic heterocycles. The van der Waals surface area contributed by atoms with E-state index in [-0.39, 0.29) is 6.42 Å². The lowest BCUT2D eigenvalue weighted by molar-refractivity contribution is -0.410. The minimum absolute atomic E-state index is 0.324. The number of methoxy groups -OCH3 is 9. The van der Waals surface area contributed by atoms with Crippen LogP contribution in [0.25, 0.3) is 0 Å². The maximum Gasteiger partial charge on any atom is 0.341 e. The van der Waals surface area contributed by atoms with E-state index in [0.29, 0.717) is 0 Å². The summed E-state index contributed by atoms with van der Waals surface area (Å²) in [5, 5.41) is 98.0. The van der Waals surface area contributed by atoms with Crippen molar-refractivity contribution in [3.63, 3.8) is 0 Å². The maximum atomic E-state index is 13.4. The first-order valence-electron chi connectivity index (χ1n) is 22.6. The van der Waals surface area contributed by atoms with Gasteiger partial charge in [0.1, 0.15) is 110 Å². The molecule has 29 heteroatoms. The molecule has 0 amide bonds. The molecule has 0 saturated carbocycles. The van der Waals surface area contributed by atoms with Gasteiger partial charge in [-0.1, -0.05) is 6.92 Å². The van der Waals surface area contributed by atoms with Gasteiger partial charge in [0.15, 0.2) is 37.1 Å². The topological polar surface area (TPSA) is 382 Å². The quantitative estimate of drug-likeness (QED) is 0.0435. The number of carboxylic acids is 2. The smallest absolute Gasteiger partial charge is 0.341 e. The SMILES string of the molecule is CC[C@]1(C(=O)O)O[C@@H](O[C@H]2[C@H](O)[C@@H](O)[C@@H](O[C@H]3[C@H](OC)[C@@H](OC)[C@H](O[C@H]4[C@H](O)[C@@H](O)[C@@H](OC)O[C@@H]4CO)O[C@@]3(COC)C(=O)O)O[C@@H]2CO)[C@H](OC)[C@@H](OC)[C@@H]1O[C@H]1O[C@H](CO)[C@@H](OC)[C@H](OC)[C@H]1OC. The third-order valence-corrected chi connectivity index (χ3v) is 13.7. The predicted octanol–water partition coefficient (Wildman–Crippen LogP) is -5.71. The summed E-state index contributed by atoms with van der Waals surface area (Å²) in [7, 11) is 11.2. The summed E-state index contributed by atoms with van der Waals surface area (Å²) in [4.78, 5) is 26.9. The largest absolute Gasteiger partial charge is 0.479 e. The minimum atomic E-state index is -2.66. The molecule has 5 rings (SSSR count). The highest BCUT2D eigenvalue weighted by atomic mass is 16.8. The molecule has 5 heterocycles. The second kappa shape index (κ2) is 26.1. The Balaban J connectivity index is 1.43. The van der Waals surface area contributed by atoms with Crippen molar-refractivity contribution in [2.75, 3.05) is 90.4 Å². The fourth-order valence-electron chi connectivity index (χ4n) is 9.91. The van der Waals surface area contributed by atoms with Crippen molar-refractivity contribution in [2.45, 2.75) is 166 Å². The number of carboxylic acid groups (broad SMARTS) is 2. The summed E-state index contributed by atoms with van der Waals surface area (Å²) in [6, 6.07) is 0. The Bertz CT molecular complexity index is 1650. The van der Waals surface area contributed by atoms with Crippen LogP contribution in [0.15, 0.2) is 0 Å². The predicted molar refractivity (Wildman–Crippen MR) is 226 cm³/mol. The third kappa shape index (κ3) is 11.4. The van der Waals surface area contributed by atoms with Crippen molar-refractivity contribution < 1.29 is 141 Å². The lowest BCUT2D eigenvalue weighted by Gasteiger charge is -2.54. The Morgan fingerprint density at radius 2 is 0.789 bits per heavy atom. The number of aliphatic hydroxyl groups is 7. The average Bonchev–Trinajstić information content (AvgIpc) is 3.37. The van der Waals surface area contributed by atoms with E-state index < -0.39 is 191 Å². The zero-order valence-electron chi connectivity index (χ0n) is 41.0. The highest BCUT2D eigenvalue weighted by Crippen LogP contribution is 2.44. The van der Waals surface area contributed by atoms with Crippen LogP contribution in [0.2, 0.25) is 0 Å². The normalized spacial score (nSPS) is 46.5. The van der Waals surface area contributed by atoms with Crippen LogP contribution in [-0.4, -0.2) is 301 Å². The van der Waals surface area contributed by atoms with Gasteiger partial charge in [-0.25, -0.2) is 9.59 Å². The Labute approximate surface area is 408 Å². The molecule has 0 aromatic carbocycles. The van der Waals surface area contributed by atoms with Gasteiger partial charge in [0.25, 0.3) is 0 Å². The molecule has 5 fully saturated rings. The van der Waals surface area contributed by atoms with E-state index in [1.165, 1.54) is 56.7 Å². The molecule has 0 spiro atoms. The monoisotopic (exact) mass is 1040 g/mol. The summed E-state index contributed by atoms with van der Waals surface area (Å²) >= 11 is 0. The maximum absolute atomic E-state index is 13.4. The van der Waals surface area contributed by atoms with Crippen LogP contribution in [0, 0.1) is 0 Å². The molecule has 5 aliphatic rings. The van der Waals surface area contributed by atoms with Crippen LogP contribution < -0.4 is 0 Å². The van der Waals surface area contributed by atoms with Gasteiger partial charge in [-0.15, -0.1) is 0 Å². The van der Waals surface area contributed by atoms with Gasteiger partial charge in [-0.3, -0.25) is 0 Å². The minimum Gasteiger partial charge on any atom is -0.479 e. The molecule has 0 aromatic rings. The molecule has 5 saturated heterocycles. The fraction of sp³-hybridized carbons (Fsp3) is 0.952. The van der Waals surface area contributed by atoms with E-state index in [1.54, 1.807) is 0 Å². The van der Waals surface area contributed by atoms with E-state index in [1.807, 2.05) is 0 Å². The van der Waals surface area contributed by atoms with Crippen molar-refractivity contribution >= 4 is 11.9 Å². The van der Waals surface area contributed by atoms with Crippen LogP contribution >= 0.6 is 0 Å². The molecule has 0 radical (unpaired) electrons. The van der Waals surface area contributed by atoms with Gasteiger partial charge in [0.05, 0.1) is 26.4 Å². The lowest BCUT2D eigenvalue weighted by Crippen LogP contribution is -2.74. The van der Waals surface area contributed by atoms with Crippen molar-refractivity contribution in [1.82, 2.24) is 0 Å². The van der Waals surface area contributed by atoms with Crippen LogP contribution in [0.4, 0.5) is 0 Å². The molecule has 0 unspecified atom stereocenters. The van der Waals surface area contributed by atoms with E-state index in [2.05, 4.69) is 0 Å². The highest BCUT2D eigenvalue weighted by Gasteiger charge is 2.66. The standard InChI is InChI=1S/C42H72O29/c1-11-41(39(50)51)32(69-36-29(59-7)26(56-4)25(55-3)18(14-45)65-36)27(57-5)30(60-8)37(70-41)66-24-17(13-44)64-35(22(49)20(24)47)68-33-28(58-6)31(61-9)38(71-42(33,15-54-2)40(52)53)67-23-16(12-43)63-34(62-10)21(48)19(23)46/h16-38,43-49H,11-15H2,1-10H3,(H,50,51)(H,52,53)/t16-,17-,18-,19-,20-,21-,22-,23-,24-,25-,26+,27-,28-,29-,30-,31-,32+,33+,34+,35-,36-,37-,38-,41+,42-/m1/s1. The average molecular weight is 1040 g/mol. The van der Waals surface area contributed by atoms with Crippen molar-refractivity contribution in [3.8, 4) is 0 Å². The molecule has 29 nitrogen and oxygen atoms in total. The molecule has 0 aliphatic carbocycles. The number of carbonyl (C=O) groups is 2. The van der Waals surface area contributed by atoms with Gasteiger partial charge in [-0.2, -0.15) is 0 Å². The first-order valence-corrected chi connectivity index (χ1v) is 22.6. The van der Waals surface area contributed by atoms with E-state index in [4.69, 9.17) is 85.3 Å². The molecule has 0 aromatic heterocycles. The van der Waals surface area contributed by atoms with Gasteiger partial charge >= 0.3 is 11.9 Å². The van der Waals surface area contributed by atoms with Crippen LogP contribution in [0.1, 0.15) is 13.3 Å². The van der Waals surface area contributed by atoms with Crippen LogP contribution in [0.5, 0.6) is 0 Å².